The number of hydrogen-bond donors (Lipinski definition) is 0. The lowest BCUT2D eigenvalue weighted by molar-refractivity contribution is 0.458. The van der Waals surface area contributed by atoms with Crippen LogP contribution in [0.25, 0.3) is 0 Å². The van der Waals surface area contributed by atoms with Crippen LogP contribution in [0.4, 0.5) is 0 Å². The summed E-state index contributed by atoms with van der Waals surface area (Å²) in [5.74, 6) is 0.862. The lowest BCUT2D eigenvalue weighted by atomic mass is 10.3. The molecule has 0 spiro atoms. The van der Waals surface area contributed by atoms with E-state index in [1.54, 1.807) is 0 Å². The highest BCUT2D eigenvalue weighted by Crippen LogP contribution is 2.08. The van der Waals surface area contributed by atoms with Gasteiger partial charge in [-0.05, 0) is 31.8 Å². The van der Waals surface area contributed by atoms with E-state index < -0.39 is 8.32 Å². The Hall–Kier alpha value is -0.738. The molecule has 0 unspecified atom stereocenters. The summed E-state index contributed by atoms with van der Waals surface area (Å²) in [7, 11) is -1.08. The van der Waals surface area contributed by atoms with Gasteiger partial charge in [-0.2, -0.15) is 0 Å². The third-order valence-corrected chi connectivity index (χ3v) is 2.44. The fraction of sp³-hybridized carbons (Fsp3) is 0.333. The van der Waals surface area contributed by atoms with Gasteiger partial charge in [-0.1, -0.05) is 18.2 Å². The van der Waals surface area contributed by atoms with Crippen molar-refractivity contribution in [2.45, 2.75) is 19.6 Å². The van der Waals surface area contributed by atoms with Gasteiger partial charge in [0.1, 0.15) is 5.75 Å². The van der Waals surface area contributed by atoms with E-state index in [2.05, 4.69) is 19.6 Å². The zero-order valence-corrected chi connectivity index (χ0v) is 9.41. The maximum Gasteiger partial charge on any atom is 0.496 e. The lowest BCUT2D eigenvalue weighted by Gasteiger charge is -2.16. The molecule has 0 atom stereocenters. The van der Waals surface area contributed by atoms with Gasteiger partial charge in [0, 0.05) is 0 Å². The minimum absolute atomic E-state index is 0.361. The van der Waals surface area contributed by atoms with Gasteiger partial charge in [-0.25, -0.2) is 0 Å². The molecule has 0 saturated heterocycles. The van der Waals surface area contributed by atoms with Crippen molar-refractivity contribution in [2.24, 2.45) is 0 Å². The summed E-state index contributed by atoms with van der Waals surface area (Å²) in [6, 6.07) is 9.71. The molecule has 4 heteroatoms. The summed E-state index contributed by atoms with van der Waals surface area (Å²) in [5, 5.41) is 0. The molecule has 0 aromatic heterocycles. The Bertz CT molecular complexity index is 246. The van der Waals surface area contributed by atoms with Crippen molar-refractivity contribution in [1.82, 2.24) is 0 Å². The van der Waals surface area contributed by atoms with Gasteiger partial charge in [-0.3, -0.25) is 0 Å². The Morgan fingerprint density at radius 2 is 1.69 bits per heavy atom. The lowest BCUT2D eigenvalue weighted by Crippen LogP contribution is -2.29. The van der Waals surface area contributed by atoms with E-state index in [1.165, 1.54) is 0 Å². The van der Waals surface area contributed by atoms with Crippen LogP contribution in [-0.2, 0) is 4.34 Å². The van der Waals surface area contributed by atoms with Crippen LogP contribution in [0.3, 0.4) is 0 Å². The van der Waals surface area contributed by atoms with E-state index in [9.17, 15) is 0 Å². The second-order valence-electron chi connectivity index (χ2n) is 3.83. The molecule has 1 aromatic carbocycles. The van der Waals surface area contributed by atoms with Crippen molar-refractivity contribution in [1.29, 1.82) is 0 Å². The fourth-order valence-corrected chi connectivity index (χ4v) is 1.20. The first-order valence-corrected chi connectivity index (χ1v) is 7.80. The van der Waals surface area contributed by atoms with Crippen LogP contribution < -0.4 is 4.65 Å². The van der Waals surface area contributed by atoms with Crippen LogP contribution in [0.5, 0.6) is 5.75 Å². The normalized spacial score (nSPS) is 11.0. The highest BCUT2D eigenvalue weighted by atomic mass is 28.4. The molecule has 2 nitrogen and oxygen atoms in total. The SMILES string of the molecule is C[Si](C)(C)OBOc1ccccc1. The van der Waals surface area contributed by atoms with E-state index in [-0.39, 0.29) is 0 Å². The first-order chi connectivity index (χ1) is 6.08. The van der Waals surface area contributed by atoms with Crippen molar-refractivity contribution >= 4 is 16.0 Å². The first-order valence-electron chi connectivity index (χ1n) is 4.40. The van der Waals surface area contributed by atoms with Crippen molar-refractivity contribution in [3.8, 4) is 5.75 Å². The predicted molar refractivity (Wildman–Crippen MR) is 58.7 cm³/mol. The Labute approximate surface area is 81.3 Å². The molecule has 0 bridgehead atoms. The van der Waals surface area contributed by atoms with Crippen LogP contribution in [0.15, 0.2) is 30.3 Å². The smallest absolute Gasteiger partial charge is 0.496 e. The zero-order chi connectivity index (χ0) is 9.73. The number of hydrogen-bond acceptors (Lipinski definition) is 2. The average Bonchev–Trinajstić information content (AvgIpc) is 2.04. The number of para-hydroxylation sites is 1. The molecule has 0 aliphatic carbocycles. The van der Waals surface area contributed by atoms with Gasteiger partial charge in [-0.15, -0.1) is 0 Å². The van der Waals surface area contributed by atoms with E-state index in [1.807, 2.05) is 30.3 Å². The molecular weight excluding hydrogens is 179 g/mol. The molecule has 1 aromatic rings. The first kappa shape index (κ1) is 10.3. The van der Waals surface area contributed by atoms with E-state index >= 15 is 0 Å². The van der Waals surface area contributed by atoms with Gasteiger partial charge in [0.05, 0.1) is 0 Å². The van der Waals surface area contributed by atoms with Crippen LogP contribution in [0.1, 0.15) is 0 Å². The average molecular weight is 194 g/mol. The third kappa shape index (κ3) is 4.75. The van der Waals surface area contributed by atoms with Crippen molar-refractivity contribution in [3.05, 3.63) is 30.3 Å². The van der Waals surface area contributed by atoms with Crippen LogP contribution in [0, 0.1) is 0 Å². The van der Waals surface area contributed by atoms with E-state index in [0.717, 1.165) is 5.75 Å². The summed E-state index contributed by atoms with van der Waals surface area (Å²) in [6.07, 6.45) is 0. The molecule has 0 amide bonds. The van der Waals surface area contributed by atoms with Crippen LogP contribution >= 0.6 is 0 Å². The molecule has 0 aliphatic rings. The monoisotopic (exact) mass is 194 g/mol. The molecule has 70 valence electrons. The Morgan fingerprint density at radius 3 is 2.23 bits per heavy atom. The summed E-state index contributed by atoms with van der Waals surface area (Å²) < 4.78 is 10.9. The third-order valence-electron chi connectivity index (χ3n) is 1.46. The second-order valence-corrected chi connectivity index (χ2v) is 8.35. The fourth-order valence-electron chi connectivity index (χ4n) is 0.791. The number of benzene rings is 1. The molecule has 0 fully saturated rings. The van der Waals surface area contributed by atoms with Crippen molar-refractivity contribution < 1.29 is 9.00 Å². The maximum atomic E-state index is 5.55. The van der Waals surface area contributed by atoms with Gasteiger partial charge in [0.2, 0.25) is 0 Å². The van der Waals surface area contributed by atoms with Crippen molar-refractivity contribution in [3.63, 3.8) is 0 Å². The molecule has 0 saturated carbocycles. The predicted octanol–water partition coefficient (Wildman–Crippen LogP) is 2.18. The minimum atomic E-state index is -1.44. The minimum Gasteiger partial charge on any atom is -0.539 e. The highest BCUT2D eigenvalue weighted by molar-refractivity contribution is 6.73. The van der Waals surface area contributed by atoms with Gasteiger partial charge in [0.25, 0.3) is 0 Å². The molecule has 13 heavy (non-hydrogen) atoms. The second kappa shape index (κ2) is 4.48. The van der Waals surface area contributed by atoms with Crippen LogP contribution in [0.2, 0.25) is 19.6 Å². The summed E-state index contributed by atoms with van der Waals surface area (Å²) in [6.45, 7) is 6.42. The molecule has 1 rings (SSSR count). The van der Waals surface area contributed by atoms with Gasteiger partial charge in [0.15, 0.2) is 8.32 Å². The zero-order valence-electron chi connectivity index (χ0n) is 8.41. The molecule has 0 N–H and O–H groups in total. The summed E-state index contributed by atoms with van der Waals surface area (Å²) in [5.41, 5.74) is 0. The van der Waals surface area contributed by atoms with Gasteiger partial charge >= 0.3 is 7.69 Å². The summed E-state index contributed by atoms with van der Waals surface area (Å²) >= 11 is 0. The van der Waals surface area contributed by atoms with Gasteiger partial charge < -0.3 is 9.00 Å². The molecule has 0 heterocycles. The molecule has 0 aliphatic heterocycles. The molecule has 0 radical (unpaired) electrons. The largest absolute Gasteiger partial charge is 0.539 e. The van der Waals surface area contributed by atoms with E-state index in [4.69, 9.17) is 9.00 Å². The Balaban J connectivity index is 2.29. The van der Waals surface area contributed by atoms with Crippen LogP contribution in [-0.4, -0.2) is 16.0 Å². The molecular formula is C9H15BO2Si. The topological polar surface area (TPSA) is 18.5 Å². The highest BCUT2D eigenvalue weighted by Gasteiger charge is 2.14. The quantitative estimate of drug-likeness (QED) is 0.684. The van der Waals surface area contributed by atoms with E-state index in [0.29, 0.717) is 7.69 Å². The Kier molecular flexibility index (Phi) is 3.57. The number of rotatable bonds is 4. The standard InChI is InChI=1S/C9H15BO2Si/c1-13(2,3)12-10-11-9-7-5-4-6-8-9/h4-8,10H,1-3H3. The maximum absolute atomic E-state index is 5.55. The Morgan fingerprint density at radius 1 is 1.08 bits per heavy atom. The summed E-state index contributed by atoms with van der Waals surface area (Å²) in [4.78, 5) is 0. The van der Waals surface area contributed by atoms with Crippen molar-refractivity contribution in [2.75, 3.05) is 0 Å².